The minimum absolute atomic E-state index is 0.0523. The summed E-state index contributed by atoms with van der Waals surface area (Å²) in [5, 5.41) is 13.6. The van der Waals surface area contributed by atoms with Crippen molar-refractivity contribution in [2.24, 2.45) is 5.92 Å². The SMILES string of the molecule is COc1ccc(C(O)CNC(c2ccc(F)cn2)C(C)C)cc1. The van der Waals surface area contributed by atoms with E-state index in [0.29, 0.717) is 6.54 Å². The highest BCUT2D eigenvalue weighted by molar-refractivity contribution is 5.28. The Morgan fingerprint density at radius 1 is 1.17 bits per heavy atom. The highest BCUT2D eigenvalue weighted by Gasteiger charge is 2.18. The molecular weight excluding hydrogens is 295 g/mol. The van der Waals surface area contributed by atoms with Crippen molar-refractivity contribution >= 4 is 0 Å². The van der Waals surface area contributed by atoms with Crippen molar-refractivity contribution in [3.8, 4) is 5.75 Å². The summed E-state index contributed by atoms with van der Waals surface area (Å²) in [6.45, 7) is 4.50. The van der Waals surface area contributed by atoms with Crippen LogP contribution < -0.4 is 10.1 Å². The summed E-state index contributed by atoms with van der Waals surface area (Å²) < 4.78 is 18.1. The summed E-state index contributed by atoms with van der Waals surface area (Å²) in [5.74, 6) is 0.662. The van der Waals surface area contributed by atoms with Gasteiger partial charge in [0.15, 0.2) is 0 Å². The van der Waals surface area contributed by atoms with Gasteiger partial charge in [0.25, 0.3) is 0 Å². The van der Waals surface area contributed by atoms with Gasteiger partial charge < -0.3 is 15.2 Å². The molecule has 2 atom stereocenters. The van der Waals surface area contributed by atoms with Gasteiger partial charge in [0.05, 0.1) is 31.1 Å². The third-order valence-corrected chi connectivity index (χ3v) is 3.77. The molecule has 23 heavy (non-hydrogen) atoms. The second kappa shape index (κ2) is 8.04. The van der Waals surface area contributed by atoms with Crippen LogP contribution in [0.3, 0.4) is 0 Å². The molecule has 5 heteroatoms. The lowest BCUT2D eigenvalue weighted by Gasteiger charge is -2.24. The number of hydrogen-bond acceptors (Lipinski definition) is 4. The van der Waals surface area contributed by atoms with Crippen molar-refractivity contribution in [1.82, 2.24) is 10.3 Å². The van der Waals surface area contributed by atoms with Crippen LogP contribution in [0.25, 0.3) is 0 Å². The number of nitrogens with one attached hydrogen (secondary N) is 1. The number of hydrogen-bond donors (Lipinski definition) is 2. The molecule has 0 aliphatic carbocycles. The number of methoxy groups -OCH3 is 1. The topological polar surface area (TPSA) is 54.4 Å². The number of rotatable bonds is 7. The first-order chi connectivity index (χ1) is 11.0. The van der Waals surface area contributed by atoms with Crippen LogP contribution in [0.1, 0.15) is 37.3 Å². The maximum absolute atomic E-state index is 13.0. The molecule has 2 unspecified atom stereocenters. The van der Waals surface area contributed by atoms with Crippen molar-refractivity contribution in [3.05, 3.63) is 59.7 Å². The molecule has 2 rings (SSSR count). The number of nitrogens with zero attached hydrogens (tertiary/aromatic N) is 1. The van der Waals surface area contributed by atoms with E-state index in [9.17, 15) is 9.50 Å². The summed E-state index contributed by atoms with van der Waals surface area (Å²) in [5.41, 5.74) is 1.58. The molecular formula is C18H23FN2O2. The Bertz CT molecular complexity index is 599. The number of halogens is 1. The summed E-state index contributed by atoms with van der Waals surface area (Å²) in [6, 6.07) is 10.3. The monoisotopic (exact) mass is 318 g/mol. The molecule has 124 valence electrons. The molecule has 0 amide bonds. The van der Waals surface area contributed by atoms with Crippen molar-refractivity contribution in [3.63, 3.8) is 0 Å². The lowest BCUT2D eigenvalue weighted by Crippen LogP contribution is -2.30. The van der Waals surface area contributed by atoms with Crippen LogP contribution in [0.15, 0.2) is 42.6 Å². The van der Waals surface area contributed by atoms with Crippen LogP contribution >= 0.6 is 0 Å². The van der Waals surface area contributed by atoms with E-state index in [-0.39, 0.29) is 17.8 Å². The number of benzene rings is 1. The Balaban J connectivity index is 2.01. The third-order valence-electron chi connectivity index (χ3n) is 3.77. The normalized spacial score (nSPS) is 13.8. The first-order valence-corrected chi connectivity index (χ1v) is 7.68. The summed E-state index contributed by atoms with van der Waals surface area (Å²) in [7, 11) is 1.61. The zero-order chi connectivity index (χ0) is 16.8. The third kappa shape index (κ3) is 4.74. The van der Waals surface area contributed by atoms with Crippen LogP contribution in [0.5, 0.6) is 5.75 Å². The number of aliphatic hydroxyl groups excluding tert-OH is 1. The molecule has 0 saturated carbocycles. The lowest BCUT2D eigenvalue weighted by molar-refractivity contribution is 0.165. The first-order valence-electron chi connectivity index (χ1n) is 7.68. The molecule has 2 aromatic rings. The van der Waals surface area contributed by atoms with Crippen molar-refractivity contribution < 1.29 is 14.2 Å². The van der Waals surface area contributed by atoms with E-state index in [4.69, 9.17) is 4.74 Å². The van der Waals surface area contributed by atoms with Gasteiger partial charge in [-0.15, -0.1) is 0 Å². The van der Waals surface area contributed by atoms with E-state index in [1.54, 1.807) is 13.2 Å². The van der Waals surface area contributed by atoms with Crippen LogP contribution in [-0.2, 0) is 0 Å². The fourth-order valence-corrected chi connectivity index (χ4v) is 2.44. The standard InChI is InChI=1S/C18H23FN2O2/c1-12(2)18(16-9-6-14(19)10-20-16)21-11-17(22)13-4-7-15(23-3)8-5-13/h4-10,12,17-18,21-22H,11H2,1-3H3. The zero-order valence-corrected chi connectivity index (χ0v) is 13.7. The Hall–Kier alpha value is -1.98. The molecule has 2 N–H and O–H groups in total. The average Bonchev–Trinajstić information content (AvgIpc) is 2.56. The highest BCUT2D eigenvalue weighted by Crippen LogP contribution is 2.22. The first kappa shape index (κ1) is 17.4. The van der Waals surface area contributed by atoms with Crippen LogP contribution in [0.4, 0.5) is 4.39 Å². The highest BCUT2D eigenvalue weighted by atomic mass is 19.1. The number of ether oxygens (including phenoxy) is 1. The van der Waals surface area contributed by atoms with Crippen molar-refractivity contribution in [1.29, 1.82) is 0 Å². The second-order valence-electron chi connectivity index (χ2n) is 5.82. The van der Waals surface area contributed by atoms with Gasteiger partial charge in [-0.1, -0.05) is 26.0 Å². The Labute approximate surface area is 136 Å². The smallest absolute Gasteiger partial charge is 0.141 e. The quantitative estimate of drug-likeness (QED) is 0.823. The van der Waals surface area contributed by atoms with E-state index in [2.05, 4.69) is 24.1 Å². The second-order valence-corrected chi connectivity index (χ2v) is 5.82. The molecule has 0 aliphatic rings. The molecule has 0 radical (unpaired) electrons. The molecule has 0 spiro atoms. The van der Waals surface area contributed by atoms with Gasteiger partial charge in [-0.2, -0.15) is 0 Å². The van der Waals surface area contributed by atoms with E-state index in [0.717, 1.165) is 17.0 Å². The van der Waals surface area contributed by atoms with Gasteiger partial charge in [-0.25, -0.2) is 4.39 Å². The van der Waals surface area contributed by atoms with E-state index in [1.165, 1.54) is 12.3 Å². The summed E-state index contributed by atoms with van der Waals surface area (Å²) >= 11 is 0. The fourth-order valence-electron chi connectivity index (χ4n) is 2.44. The number of pyridine rings is 1. The molecule has 1 aromatic carbocycles. The molecule has 4 nitrogen and oxygen atoms in total. The maximum Gasteiger partial charge on any atom is 0.141 e. The molecule has 0 bridgehead atoms. The number of aliphatic hydroxyl groups is 1. The van der Waals surface area contributed by atoms with Gasteiger partial charge in [-0.3, -0.25) is 4.98 Å². The van der Waals surface area contributed by atoms with Gasteiger partial charge in [0.1, 0.15) is 11.6 Å². The lowest BCUT2D eigenvalue weighted by atomic mass is 9.99. The number of aromatic nitrogens is 1. The predicted octanol–water partition coefficient (Wildman–Crippen LogP) is 3.25. The molecule has 0 fully saturated rings. The van der Waals surface area contributed by atoms with E-state index < -0.39 is 6.10 Å². The van der Waals surface area contributed by atoms with Crippen LogP contribution in [0.2, 0.25) is 0 Å². The van der Waals surface area contributed by atoms with Crippen LogP contribution in [-0.4, -0.2) is 23.7 Å². The minimum Gasteiger partial charge on any atom is -0.497 e. The fraction of sp³-hybridized carbons (Fsp3) is 0.389. The Kier molecular flexibility index (Phi) is 6.07. The minimum atomic E-state index is -0.636. The van der Waals surface area contributed by atoms with E-state index >= 15 is 0 Å². The zero-order valence-electron chi connectivity index (χ0n) is 13.7. The summed E-state index contributed by atoms with van der Waals surface area (Å²) in [4.78, 5) is 4.14. The van der Waals surface area contributed by atoms with Gasteiger partial charge in [0, 0.05) is 6.54 Å². The van der Waals surface area contributed by atoms with Crippen LogP contribution in [0, 0.1) is 11.7 Å². The molecule has 0 saturated heterocycles. The van der Waals surface area contributed by atoms with Gasteiger partial charge in [-0.05, 0) is 35.7 Å². The summed E-state index contributed by atoms with van der Waals surface area (Å²) in [6.07, 6.45) is 0.578. The average molecular weight is 318 g/mol. The van der Waals surface area contributed by atoms with E-state index in [1.807, 2.05) is 24.3 Å². The van der Waals surface area contributed by atoms with Gasteiger partial charge in [0.2, 0.25) is 0 Å². The Morgan fingerprint density at radius 2 is 1.87 bits per heavy atom. The molecule has 0 aliphatic heterocycles. The van der Waals surface area contributed by atoms with Crippen molar-refractivity contribution in [2.45, 2.75) is 26.0 Å². The maximum atomic E-state index is 13.0. The molecule has 1 aromatic heterocycles. The largest absolute Gasteiger partial charge is 0.497 e. The molecule has 1 heterocycles. The Morgan fingerprint density at radius 3 is 2.39 bits per heavy atom. The van der Waals surface area contributed by atoms with Gasteiger partial charge >= 0.3 is 0 Å². The predicted molar refractivity (Wildman–Crippen MR) is 87.7 cm³/mol. The van der Waals surface area contributed by atoms with Crippen molar-refractivity contribution in [2.75, 3.05) is 13.7 Å².